The summed E-state index contributed by atoms with van der Waals surface area (Å²) in [4.78, 5) is 41.6. The lowest BCUT2D eigenvalue weighted by Gasteiger charge is -2.47. The van der Waals surface area contributed by atoms with E-state index < -0.39 is 17.1 Å². The zero-order valence-corrected chi connectivity index (χ0v) is 22.2. The molecule has 0 saturated carbocycles. The van der Waals surface area contributed by atoms with Gasteiger partial charge in [-0.2, -0.15) is 0 Å². The van der Waals surface area contributed by atoms with Gasteiger partial charge in [0.1, 0.15) is 6.54 Å². The van der Waals surface area contributed by atoms with E-state index in [9.17, 15) is 14.4 Å². The molecule has 2 aromatic carbocycles. The van der Waals surface area contributed by atoms with Gasteiger partial charge in [-0.1, -0.05) is 36.2 Å². The molecule has 2 aromatic rings. The summed E-state index contributed by atoms with van der Waals surface area (Å²) in [6, 6.07) is 11.3. The number of rotatable bonds is 5. The van der Waals surface area contributed by atoms with Crippen molar-refractivity contribution in [1.82, 2.24) is 4.90 Å². The first-order valence-corrected chi connectivity index (χ1v) is 12.9. The first-order valence-electron chi connectivity index (χ1n) is 11.7. The average Bonchev–Trinajstić information content (AvgIpc) is 3.03. The third-order valence-corrected chi connectivity index (χ3v) is 7.85. The molecule has 0 radical (unpaired) electrons. The van der Waals surface area contributed by atoms with Crippen molar-refractivity contribution in [1.29, 1.82) is 0 Å². The number of hydrogen-bond acceptors (Lipinski definition) is 5. The molecule has 1 fully saturated rings. The Hall–Kier alpha value is -2.77. The molecule has 2 aliphatic heterocycles. The van der Waals surface area contributed by atoms with Crippen LogP contribution in [-0.2, 0) is 9.59 Å². The molecule has 6 nitrogen and oxygen atoms in total. The molecule has 3 amide bonds. The van der Waals surface area contributed by atoms with Gasteiger partial charge in [0.15, 0.2) is 0 Å². The SMILES string of the molecule is CCN1c2cc(Cl)c(/C=C3/SC(=O)N(CC(=O)Nc4ccc(C)cc4)C3=O)cc2C(C)CC1(C)C. The zero-order chi connectivity index (χ0) is 25.5. The highest BCUT2D eigenvalue weighted by Crippen LogP contribution is 2.45. The highest BCUT2D eigenvalue weighted by molar-refractivity contribution is 8.18. The van der Waals surface area contributed by atoms with E-state index in [4.69, 9.17) is 11.6 Å². The maximum Gasteiger partial charge on any atom is 0.294 e. The smallest absolute Gasteiger partial charge is 0.294 e. The van der Waals surface area contributed by atoms with Crippen LogP contribution in [0.5, 0.6) is 0 Å². The fraction of sp³-hybridized carbons (Fsp3) is 0.370. The van der Waals surface area contributed by atoms with Gasteiger partial charge in [-0.3, -0.25) is 19.3 Å². The molecule has 0 aromatic heterocycles. The molecule has 8 heteroatoms. The number of thioether (sulfide) groups is 1. The third kappa shape index (κ3) is 5.11. The van der Waals surface area contributed by atoms with E-state index >= 15 is 0 Å². The summed E-state index contributed by atoms with van der Waals surface area (Å²) in [7, 11) is 0. The lowest BCUT2D eigenvalue weighted by Crippen LogP contribution is -2.48. The molecule has 0 aliphatic carbocycles. The van der Waals surface area contributed by atoms with Crippen molar-refractivity contribution < 1.29 is 14.4 Å². The van der Waals surface area contributed by atoms with Crippen LogP contribution < -0.4 is 10.2 Å². The van der Waals surface area contributed by atoms with Crippen LogP contribution in [0.3, 0.4) is 0 Å². The molecule has 2 heterocycles. The van der Waals surface area contributed by atoms with Crippen LogP contribution >= 0.6 is 23.4 Å². The van der Waals surface area contributed by atoms with Crippen LogP contribution in [0.1, 0.15) is 56.7 Å². The molecule has 1 atom stereocenters. The minimum Gasteiger partial charge on any atom is -0.366 e. The number of anilines is 2. The second kappa shape index (κ2) is 9.70. The molecular formula is C27H30ClN3O3S. The standard InChI is InChI=1S/C27H30ClN3O3S/c1-6-31-22-13-21(28)18(11-20(22)17(3)14-27(31,4)5)12-23-25(33)30(26(34)35-23)15-24(32)29-19-9-7-16(2)8-10-19/h7-13,17H,6,14-15H2,1-5H3,(H,29,32)/b23-12+. The normalized spacial score (nSPS) is 20.4. The van der Waals surface area contributed by atoms with E-state index in [0.717, 1.165) is 40.9 Å². The van der Waals surface area contributed by atoms with Gasteiger partial charge in [-0.05, 0) is 93.3 Å². The second-order valence-corrected chi connectivity index (χ2v) is 11.2. The fourth-order valence-corrected chi connectivity index (χ4v) is 6.03. The number of imide groups is 1. The molecule has 2 aliphatic rings. The van der Waals surface area contributed by atoms with Crippen molar-refractivity contribution in [3.05, 3.63) is 63.0 Å². The van der Waals surface area contributed by atoms with Crippen LogP contribution in [0.25, 0.3) is 6.08 Å². The van der Waals surface area contributed by atoms with Crippen molar-refractivity contribution in [3.63, 3.8) is 0 Å². The lowest BCUT2D eigenvalue weighted by atomic mass is 9.79. The van der Waals surface area contributed by atoms with E-state index in [1.807, 2.05) is 31.2 Å². The van der Waals surface area contributed by atoms with Crippen LogP contribution in [-0.4, -0.2) is 40.6 Å². The predicted octanol–water partition coefficient (Wildman–Crippen LogP) is 6.44. The lowest BCUT2D eigenvalue weighted by molar-refractivity contribution is -0.127. The van der Waals surface area contributed by atoms with Crippen LogP contribution in [0.4, 0.5) is 16.2 Å². The van der Waals surface area contributed by atoms with Crippen LogP contribution in [0.2, 0.25) is 5.02 Å². The summed E-state index contributed by atoms with van der Waals surface area (Å²) in [5.74, 6) is -0.592. The summed E-state index contributed by atoms with van der Waals surface area (Å²) < 4.78 is 0. The maximum absolute atomic E-state index is 13.0. The number of fused-ring (bicyclic) bond motifs is 1. The summed E-state index contributed by atoms with van der Waals surface area (Å²) in [6.07, 6.45) is 2.66. The Labute approximate surface area is 215 Å². The Balaban J connectivity index is 1.55. The van der Waals surface area contributed by atoms with Gasteiger partial charge >= 0.3 is 0 Å². The number of benzene rings is 2. The average molecular weight is 512 g/mol. The van der Waals surface area contributed by atoms with E-state index in [1.165, 1.54) is 5.56 Å². The van der Waals surface area contributed by atoms with E-state index in [2.05, 4.69) is 37.9 Å². The van der Waals surface area contributed by atoms with Crippen molar-refractivity contribution in [3.8, 4) is 0 Å². The largest absolute Gasteiger partial charge is 0.366 e. The predicted molar refractivity (Wildman–Crippen MR) is 144 cm³/mol. The van der Waals surface area contributed by atoms with Crippen molar-refractivity contribution in [2.45, 2.75) is 52.5 Å². The number of carbonyl (C=O) groups is 3. The molecular weight excluding hydrogens is 482 g/mol. The number of carbonyl (C=O) groups excluding carboxylic acids is 3. The minimum absolute atomic E-state index is 0.0216. The molecule has 1 saturated heterocycles. The number of nitrogens with one attached hydrogen (secondary N) is 1. The van der Waals surface area contributed by atoms with E-state index in [-0.39, 0.29) is 17.0 Å². The van der Waals surface area contributed by atoms with Crippen molar-refractivity contribution in [2.75, 3.05) is 23.3 Å². The topological polar surface area (TPSA) is 69.7 Å². The molecule has 35 heavy (non-hydrogen) atoms. The quantitative estimate of drug-likeness (QED) is 0.468. The summed E-state index contributed by atoms with van der Waals surface area (Å²) in [5, 5.41) is 2.78. The van der Waals surface area contributed by atoms with E-state index in [0.29, 0.717) is 22.2 Å². The number of halogens is 1. The number of nitrogens with zero attached hydrogens (tertiary/aromatic N) is 2. The first kappa shape index (κ1) is 25.3. The molecule has 0 bridgehead atoms. The number of aryl methyl sites for hydroxylation is 1. The zero-order valence-electron chi connectivity index (χ0n) is 20.6. The molecule has 0 spiro atoms. The fourth-order valence-electron chi connectivity index (χ4n) is 4.99. The van der Waals surface area contributed by atoms with Gasteiger partial charge in [0.05, 0.1) is 4.91 Å². The molecule has 1 unspecified atom stereocenters. The third-order valence-electron chi connectivity index (χ3n) is 6.62. The number of amides is 3. The number of hydrogen-bond donors (Lipinski definition) is 1. The minimum atomic E-state index is -0.489. The van der Waals surface area contributed by atoms with E-state index in [1.54, 1.807) is 18.2 Å². The van der Waals surface area contributed by atoms with Gasteiger partial charge in [0.25, 0.3) is 11.1 Å². The highest BCUT2D eigenvalue weighted by atomic mass is 35.5. The summed E-state index contributed by atoms with van der Waals surface area (Å²) in [5.41, 5.74) is 4.69. The molecule has 4 rings (SSSR count). The second-order valence-electron chi connectivity index (χ2n) is 9.78. The van der Waals surface area contributed by atoms with Gasteiger partial charge in [0.2, 0.25) is 5.91 Å². The maximum atomic E-state index is 13.0. The highest BCUT2D eigenvalue weighted by Gasteiger charge is 2.38. The van der Waals surface area contributed by atoms with Gasteiger partial charge in [-0.15, -0.1) is 0 Å². The van der Waals surface area contributed by atoms with Crippen LogP contribution in [0.15, 0.2) is 41.3 Å². The monoisotopic (exact) mass is 511 g/mol. The summed E-state index contributed by atoms with van der Waals surface area (Å²) >= 11 is 7.48. The van der Waals surface area contributed by atoms with Gasteiger partial charge < -0.3 is 10.2 Å². The van der Waals surface area contributed by atoms with Crippen LogP contribution in [0, 0.1) is 6.92 Å². The molecule has 184 valence electrons. The summed E-state index contributed by atoms with van der Waals surface area (Å²) in [6.45, 7) is 11.3. The Morgan fingerprint density at radius 3 is 2.57 bits per heavy atom. The van der Waals surface area contributed by atoms with Gasteiger partial charge in [0, 0.05) is 28.5 Å². The molecule has 1 N–H and O–H groups in total. The van der Waals surface area contributed by atoms with Crippen molar-refractivity contribution in [2.24, 2.45) is 0 Å². The Morgan fingerprint density at radius 1 is 1.23 bits per heavy atom. The Kier molecular flexibility index (Phi) is 7.02. The Bertz CT molecular complexity index is 1220. The van der Waals surface area contributed by atoms with Crippen molar-refractivity contribution >= 4 is 57.9 Å². The first-order chi connectivity index (χ1) is 16.5. The Morgan fingerprint density at radius 2 is 1.91 bits per heavy atom. The van der Waals surface area contributed by atoms with Gasteiger partial charge in [-0.25, -0.2) is 0 Å².